The van der Waals surface area contributed by atoms with Crippen LogP contribution in [0.1, 0.15) is 78.1 Å². The first-order valence-electron chi connectivity index (χ1n) is 10.1. The van der Waals surface area contributed by atoms with Crippen molar-refractivity contribution in [2.45, 2.75) is 78.1 Å². The zero-order chi connectivity index (χ0) is 21.3. The van der Waals surface area contributed by atoms with E-state index in [9.17, 15) is 9.59 Å². The third-order valence-corrected chi connectivity index (χ3v) is 3.57. The van der Waals surface area contributed by atoms with E-state index in [0.717, 1.165) is 50.0 Å². The highest BCUT2D eigenvalue weighted by atomic mass is 16.5. The van der Waals surface area contributed by atoms with Crippen LogP contribution in [0.15, 0.2) is 24.3 Å². The predicted molar refractivity (Wildman–Crippen MR) is 109 cm³/mol. The van der Waals surface area contributed by atoms with E-state index in [2.05, 4.69) is 6.92 Å². The Labute approximate surface area is 169 Å². The Morgan fingerprint density at radius 3 is 1.50 bits per heavy atom. The first-order chi connectivity index (χ1) is 13.6. The first kappa shape index (κ1) is 27.6. The summed E-state index contributed by atoms with van der Waals surface area (Å²) in [5, 5.41) is 16.2. The van der Waals surface area contributed by atoms with Gasteiger partial charge < -0.3 is 9.47 Å². The van der Waals surface area contributed by atoms with Crippen LogP contribution < -0.4 is 0 Å². The molecule has 0 fully saturated rings. The maximum atomic E-state index is 10.9. The molecular formula is C22H34N2O4. The molecule has 0 N–H and O–H groups in total. The molecule has 28 heavy (non-hydrogen) atoms. The number of carbonyl (C=O) groups is 2. The van der Waals surface area contributed by atoms with Crippen LogP contribution >= 0.6 is 0 Å². The van der Waals surface area contributed by atoms with Crippen molar-refractivity contribution in [3.05, 3.63) is 24.3 Å². The largest absolute Gasteiger partial charge is 0.463 e. The van der Waals surface area contributed by atoms with Crippen LogP contribution in [0.2, 0.25) is 0 Å². The minimum absolute atomic E-state index is 0.422. The van der Waals surface area contributed by atoms with E-state index in [1.165, 1.54) is 38.5 Å². The highest BCUT2D eigenvalue weighted by molar-refractivity contribution is 5.82. The summed E-state index contributed by atoms with van der Waals surface area (Å²) in [7, 11) is 0. The van der Waals surface area contributed by atoms with E-state index in [1.54, 1.807) is 12.1 Å². The van der Waals surface area contributed by atoms with Crippen LogP contribution in [0.4, 0.5) is 0 Å². The van der Waals surface area contributed by atoms with Crippen molar-refractivity contribution in [2.24, 2.45) is 0 Å². The fourth-order valence-electron chi connectivity index (χ4n) is 2.03. The Bertz CT molecular complexity index is 528. The highest BCUT2D eigenvalue weighted by Crippen LogP contribution is 2.08. The van der Waals surface area contributed by atoms with Crippen LogP contribution in [0.5, 0.6) is 0 Å². The van der Waals surface area contributed by atoms with Gasteiger partial charge in [-0.2, -0.15) is 10.5 Å². The second-order valence-electron chi connectivity index (χ2n) is 6.09. The van der Waals surface area contributed by atoms with E-state index in [4.69, 9.17) is 20.0 Å². The molecule has 0 saturated carbocycles. The molecule has 0 aromatic heterocycles. The third kappa shape index (κ3) is 25.6. The van der Waals surface area contributed by atoms with Gasteiger partial charge in [-0.05, 0) is 12.8 Å². The average Bonchev–Trinajstić information content (AvgIpc) is 2.70. The number of esters is 2. The van der Waals surface area contributed by atoms with Gasteiger partial charge in [-0.15, -0.1) is 0 Å². The standard InChI is InChI=1S/C14H23NO2.C8H11NO2/c1-2-3-4-5-6-7-8-9-13-17-14(16)11-10-12-15;1-2-3-7-11-8(10)5-4-6-9/h10-11H,2-9,13H2,1H3;4-5H,2-3,7H2,1H3. The lowest BCUT2D eigenvalue weighted by Gasteiger charge is -2.02. The molecule has 6 nitrogen and oxygen atoms in total. The van der Waals surface area contributed by atoms with Crippen molar-refractivity contribution in [3.63, 3.8) is 0 Å². The monoisotopic (exact) mass is 390 g/mol. The number of hydrogen-bond acceptors (Lipinski definition) is 6. The lowest BCUT2D eigenvalue weighted by molar-refractivity contribution is -0.138. The molecule has 0 heterocycles. The van der Waals surface area contributed by atoms with Crippen molar-refractivity contribution in [2.75, 3.05) is 13.2 Å². The molecule has 0 atom stereocenters. The van der Waals surface area contributed by atoms with E-state index >= 15 is 0 Å². The van der Waals surface area contributed by atoms with Gasteiger partial charge in [0, 0.05) is 24.3 Å². The van der Waals surface area contributed by atoms with E-state index in [0.29, 0.717) is 13.2 Å². The Morgan fingerprint density at radius 2 is 1.07 bits per heavy atom. The topological polar surface area (TPSA) is 100 Å². The normalized spacial score (nSPS) is 10.0. The molecule has 0 amide bonds. The first-order valence-corrected chi connectivity index (χ1v) is 10.1. The fraction of sp³-hybridized carbons (Fsp3) is 0.636. The molecule has 0 rings (SSSR count). The van der Waals surface area contributed by atoms with Gasteiger partial charge in [-0.3, -0.25) is 0 Å². The number of nitriles is 2. The summed E-state index contributed by atoms with van der Waals surface area (Å²) in [6, 6.07) is 3.46. The Kier molecular flexibility index (Phi) is 24.1. The number of carbonyl (C=O) groups excluding carboxylic acids is 2. The molecule has 0 saturated heterocycles. The van der Waals surface area contributed by atoms with Gasteiger partial charge >= 0.3 is 11.9 Å². The summed E-state index contributed by atoms with van der Waals surface area (Å²) < 4.78 is 9.62. The smallest absolute Gasteiger partial charge is 0.331 e. The van der Waals surface area contributed by atoms with E-state index in [1.807, 2.05) is 6.92 Å². The quantitative estimate of drug-likeness (QED) is 0.176. The van der Waals surface area contributed by atoms with Gasteiger partial charge in [0.25, 0.3) is 0 Å². The van der Waals surface area contributed by atoms with Crippen molar-refractivity contribution in [1.29, 1.82) is 10.5 Å². The van der Waals surface area contributed by atoms with Crippen LogP contribution in [0.3, 0.4) is 0 Å². The maximum Gasteiger partial charge on any atom is 0.331 e. The minimum atomic E-state index is -0.444. The van der Waals surface area contributed by atoms with Gasteiger partial charge in [0.05, 0.1) is 25.4 Å². The van der Waals surface area contributed by atoms with Gasteiger partial charge in [-0.25, -0.2) is 9.59 Å². The van der Waals surface area contributed by atoms with Gasteiger partial charge in [-0.1, -0.05) is 65.2 Å². The van der Waals surface area contributed by atoms with E-state index < -0.39 is 11.9 Å². The molecule has 0 aliphatic rings. The van der Waals surface area contributed by atoms with Crippen LogP contribution in [-0.4, -0.2) is 25.2 Å². The molecular weight excluding hydrogens is 356 g/mol. The molecule has 0 aromatic carbocycles. The Balaban J connectivity index is 0. The number of allylic oxidation sites excluding steroid dienone is 2. The molecule has 156 valence electrons. The third-order valence-electron chi connectivity index (χ3n) is 3.57. The highest BCUT2D eigenvalue weighted by Gasteiger charge is 1.96. The van der Waals surface area contributed by atoms with Crippen LogP contribution in [0.25, 0.3) is 0 Å². The van der Waals surface area contributed by atoms with Crippen LogP contribution in [-0.2, 0) is 19.1 Å². The SMILES string of the molecule is CCCCCCCCCCOC(=O)C=CC#N.CCCCOC(=O)C=CC#N. The summed E-state index contributed by atoms with van der Waals surface area (Å²) in [6.07, 6.45) is 16.2. The van der Waals surface area contributed by atoms with Crippen LogP contribution in [0, 0.1) is 22.7 Å². The molecule has 0 aliphatic carbocycles. The second kappa shape index (κ2) is 24.4. The zero-order valence-corrected chi connectivity index (χ0v) is 17.3. The van der Waals surface area contributed by atoms with E-state index in [-0.39, 0.29) is 0 Å². The molecule has 0 aromatic rings. The number of rotatable bonds is 14. The number of ether oxygens (including phenoxy) is 2. The summed E-state index contributed by atoms with van der Waals surface area (Å²) in [6.45, 7) is 5.13. The van der Waals surface area contributed by atoms with Crippen molar-refractivity contribution < 1.29 is 19.1 Å². The number of nitrogens with zero attached hydrogens (tertiary/aromatic N) is 2. The second-order valence-corrected chi connectivity index (χ2v) is 6.09. The number of unbranched alkanes of at least 4 members (excludes halogenated alkanes) is 8. The summed E-state index contributed by atoms with van der Waals surface area (Å²) in [5.74, 6) is -0.866. The lowest BCUT2D eigenvalue weighted by Crippen LogP contribution is -2.02. The van der Waals surface area contributed by atoms with Gasteiger partial charge in [0.2, 0.25) is 0 Å². The fourth-order valence-corrected chi connectivity index (χ4v) is 2.03. The number of hydrogen-bond donors (Lipinski definition) is 0. The maximum absolute atomic E-state index is 10.9. The molecule has 0 unspecified atom stereocenters. The van der Waals surface area contributed by atoms with Gasteiger partial charge in [0.15, 0.2) is 0 Å². The van der Waals surface area contributed by atoms with Crippen molar-refractivity contribution in [3.8, 4) is 12.1 Å². The lowest BCUT2D eigenvalue weighted by atomic mass is 10.1. The average molecular weight is 391 g/mol. The zero-order valence-electron chi connectivity index (χ0n) is 17.3. The Morgan fingerprint density at radius 1 is 0.679 bits per heavy atom. The predicted octanol–water partition coefficient (Wildman–Crippen LogP) is 5.16. The summed E-state index contributed by atoms with van der Waals surface area (Å²) >= 11 is 0. The Hall–Kier alpha value is -2.60. The minimum Gasteiger partial charge on any atom is -0.463 e. The molecule has 6 heteroatoms. The molecule has 0 aliphatic heterocycles. The molecule has 0 radical (unpaired) electrons. The van der Waals surface area contributed by atoms with Crippen molar-refractivity contribution in [1.82, 2.24) is 0 Å². The summed E-state index contributed by atoms with van der Waals surface area (Å²) in [4.78, 5) is 21.6. The van der Waals surface area contributed by atoms with Gasteiger partial charge in [0.1, 0.15) is 0 Å². The molecule has 0 bridgehead atoms. The van der Waals surface area contributed by atoms with Crippen molar-refractivity contribution >= 4 is 11.9 Å². The molecule has 0 spiro atoms. The summed E-state index contributed by atoms with van der Waals surface area (Å²) in [5.41, 5.74) is 0.